The summed E-state index contributed by atoms with van der Waals surface area (Å²) in [4.78, 5) is 24.8. The summed E-state index contributed by atoms with van der Waals surface area (Å²) in [6.45, 7) is 0.298. The van der Waals surface area contributed by atoms with E-state index in [1.807, 2.05) is 18.2 Å². The van der Waals surface area contributed by atoms with Gasteiger partial charge in [-0.3, -0.25) is 4.79 Å². The Labute approximate surface area is 207 Å². The molecule has 1 N–H and O–H groups in total. The van der Waals surface area contributed by atoms with Crippen LogP contribution < -0.4 is 14.9 Å². The third-order valence-corrected chi connectivity index (χ3v) is 5.17. The molecule has 0 aliphatic carbocycles. The van der Waals surface area contributed by atoms with Gasteiger partial charge >= 0.3 is 5.97 Å². The zero-order chi connectivity index (χ0) is 24.5. The van der Waals surface area contributed by atoms with Gasteiger partial charge in [-0.1, -0.05) is 54.1 Å². The normalized spacial score (nSPS) is 10.7. The fourth-order valence-corrected chi connectivity index (χ4v) is 3.24. The van der Waals surface area contributed by atoms with Crippen molar-refractivity contribution in [2.75, 3.05) is 0 Å². The molecular weight excluding hydrogens is 464 g/mol. The van der Waals surface area contributed by atoms with Crippen LogP contribution >= 0.6 is 11.6 Å². The lowest BCUT2D eigenvalue weighted by molar-refractivity contribution is 0.0734. The monoisotopic (exact) mass is 484 g/mol. The number of halogens is 1. The van der Waals surface area contributed by atoms with E-state index in [0.717, 1.165) is 11.1 Å². The summed E-state index contributed by atoms with van der Waals surface area (Å²) in [5, 5.41) is 4.67. The highest BCUT2D eigenvalue weighted by molar-refractivity contribution is 6.30. The van der Waals surface area contributed by atoms with Crippen LogP contribution in [0.15, 0.2) is 108 Å². The molecule has 0 aromatic heterocycles. The van der Waals surface area contributed by atoms with Gasteiger partial charge in [-0.15, -0.1) is 0 Å². The Kier molecular flexibility index (Phi) is 7.88. The highest BCUT2D eigenvalue weighted by Gasteiger charge is 2.12. The van der Waals surface area contributed by atoms with Crippen LogP contribution in [0.2, 0.25) is 5.02 Å². The molecule has 4 aromatic carbocycles. The van der Waals surface area contributed by atoms with E-state index in [-0.39, 0.29) is 0 Å². The van der Waals surface area contributed by atoms with E-state index in [4.69, 9.17) is 21.1 Å². The second-order valence-corrected chi connectivity index (χ2v) is 7.87. The van der Waals surface area contributed by atoms with Crippen LogP contribution in [0.4, 0.5) is 0 Å². The first kappa shape index (κ1) is 23.7. The summed E-state index contributed by atoms with van der Waals surface area (Å²) < 4.78 is 11.2. The molecule has 0 saturated carbocycles. The van der Waals surface area contributed by atoms with Gasteiger partial charge in [0.25, 0.3) is 5.91 Å². The highest BCUT2D eigenvalue weighted by atomic mass is 35.5. The summed E-state index contributed by atoms with van der Waals surface area (Å²) in [5.74, 6) is 0.0177. The van der Waals surface area contributed by atoms with Crippen molar-refractivity contribution in [2.24, 2.45) is 5.10 Å². The van der Waals surface area contributed by atoms with Crippen molar-refractivity contribution < 1.29 is 19.1 Å². The van der Waals surface area contributed by atoms with Crippen molar-refractivity contribution in [2.45, 2.75) is 6.61 Å². The number of esters is 1. The fourth-order valence-electron chi connectivity index (χ4n) is 3.11. The molecule has 0 saturated heterocycles. The number of amides is 1. The maximum Gasteiger partial charge on any atom is 0.343 e. The molecule has 0 spiro atoms. The van der Waals surface area contributed by atoms with Gasteiger partial charge in [0.05, 0.1) is 17.3 Å². The first-order valence-corrected chi connectivity index (χ1v) is 11.1. The number of nitrogens with one attached hydrogen (secondary N) is 1. The molecule has 0 aliphatic heterocycles. The summed E-state index contributed by atoms with van der Waals surface area (Å²) >= 11 is 5.91. The van der Waals surface area contributed by atoms with Crippen LogP contribution in [0.25, 0.3) is 0 Å². The smallest absolute Gasteiger partial charge is 0.343 e. The van der Waals surface area contributed by atoms with Gasteiger partial charge in [0, 0.05) is 5.02 Å². The van der Waals surface area contributed by atoms with Crippen molar-refractivity contribution in [1.82, 2.24) is 5.43 Å². The Morgan fingerprint density at radius 2 is 1.51 bits per heavy atom. The van der Waals surface area contributed by atoms with Crippen LogP contribution in [0, 0.1) is 0 Å². The number of benzene rings is 4. The van der Waals surface area contributed by atoms with Crippen LogP contribution in [-0.4, -0.2) is 18.1 Å². The standard InChI is InChI=1S/C28H21ClN2O4/c29-23-14-10-21(11-15-23)19-34-26-9-5-4-8-25(26)27(32)31-30-18-20-12-16-24(17-13-20)35-28(33)22-6-2-1-3-7-22/h1-18H,19H2,(H,31,32)/b30-18+. The molecule has 174 valence electrons. The lowest BCUT2D eigenvalue weighted by atomic mass is 10.2. The van der Waals surface area contributed by atoms with Crippen molar-refractivity contribution >= 4 is 29.7 Å². The molecule has 0 fully saturated rings. The zero-order valence-electron chi connectivity index (χ0n) is 18.6. The molecule has 35 heavy (non-hydrogen) atoms. The molecule has 6 nitrogen and oxygen atoms in total. The minimum Gasteiger partial charge on any atom is -0.488 e. The Hall–Kier alpha value is -4.42. The minimum absolute atomic E-state index is 0.298. The number of hydrogen-bond acceptors (Lipinski definition) is 5. The second kappa shape index (κ2) is 11.6. The highest BCUT2D eigenvalue weighted by Crippen LogP contribution is 2.20. The molecule has 4 rings (SSSR count). The minimum atomic E-state index is -0.434. The summed E-state index contributed by atoms with van der Waals surface area (Å²) in [5.41, 5.74) is 4.99. The molecule has 0 heterocycles. The third kappa shape index (κ3) is 6.79. The number of hydrogen-bond donors (Lipinski definition) is 1. The van der Waals surface area contributed by atoms with Crippen LogP contribution in [-0.2, 0) is 6.61 Å². The Morgan fingerprint density at radius 1 is 0.829 bits per heavy atom. The number of ether oxygens (including phenoxy) is 2. The molecule has 0 atom stereocenters. The van der Waals surface area contributed by atoms with E-state index in [9.17, 15) is 9.59 Å². The maximum absolute atomic E-state index is 12.6. The molecule has 1 amide bonds. The molecule has 0 bridgehead atoms. The lowest BCUT2D eigenvalue weighted by Gasteiger charge is -2.10. The van der Waals surface area contributed by atoms with E-state index in [2.05, 4.69) is 10.5 Å². The Balaban J connectivity index is 1.33. The number of nitrogens with zero attached hydrogens (tertiary/aromatic N) is 1. The molecule has 0 unspecified atom stereocenters. The predicted octanol–water partition coefficient (Wildman–Crippen LogP) is 5.90. The number of rotatable bonds is 8. The summed E-state index contributed by atoms with van der Waals surface area (Å²) in [7, 11) is 0. The number of carbonyl (C=O) groups is 2. The Morgan fingerprint density at radius 3 is 2.26 bits per heavy atom. The number of para-hydroxylation sites is 1. The molecule has 7 heteroatoms. The first-order chi connectivity index (χ1) is 17.1. The third-order valence-electron chi connectivity index (χ3n) is 4.92. The molecule has 0 aliphatic rings. The SMILES string of the molecule is O=C(Oc1ccc(/C=N/NC(=O)c2ccccc2OCc2ccc(Cl)cc2)cc1)c1ccccc1. The van der Waals surface area contributed by atoms with Crippen LogP contribution in [0.1, 0.15) is 31.8 Å². The second-order valence-electron chi connectivity index (χ2n) is 7.44. The summed E-state index contributed by atoms with van der Waals surface area (Å²) in [6.07, 6.45) is 1.50. The molecular formula is C28H21ClN2O4. The van der Waals surface area contributed by atoms with Gasteiger partial charge in [-0.05, 0) is 71.8 Å². The molecule has 4 aromatic rings. The van der Waals surface area contributed by atoms with Crippen LogP contribution in [0.5, 0.6) is 11.5 Å². The summed E-state index contributed by atoms with van der Waals surface area (Å²) in [6, 6.07) is 29.8. The Bertz CT molecular complexity index is 1320. The van der Waals surface area contributed by atoms with Crippen LogP contribution in [0.3, 0.4) is 0 Å². The van der Waals surface area contributed by atoms with Crippen molar-refractivity contribution in [3.63, 3.8) is 0 Å². The van der Waals surface area contributed by atoms with Gasteiger partial charge in [-0.25, -0.2) is 10.2 Å². The van der Waals surface area contributed by atoms with Crippen molar-refractivity contribution in [3.8, 4) is 11.5 Å². The van der Waals surface area contributed by atoms with Gasteiger partial charge in [0.2, 0.25) is 0 Å². The van der Waals surface area contributed by atoms with Gasteiger partial charge in [-0.2, -0.15) is 5.10 Å². The topological polar surface area (TPSA) is 77.0 Å². The average Bonchev–Trinajstić information content (AvgIpc) is 2.90. The first-order valence-electron chi connectivity index (χ1n) is 10.8. The fraction of sp³-hybridized carbons (Fsp3) is 0.0357. The zero-order valence-corrected chi connectivity index (χ0v) is 19.3. The van der Waals surface area contributed by atoms with Gasteiger partial charge < -0.3 is 9.47 Å². The van der Waals surface area contributed by atoms with E-state index >= 15 is 0 Å². The van der Waals surface area contributed by atoms with Crippen molar-refractivity contribution in [3.05, 3.63) is 130 Å². The molecule has 0 radical (unpaired) electrons. The maximum atomic E-state index is 12.6. The number of carbonyl (C=O) groups excluding carboxylic acids is 2. The predicted molar refractivity (Wildman–Crippen MR) is 135 cm³/mol. The number of hydrazone groups is 1. The van der Waals surface area contributed by atoms with Gasteiger partial charge in [0.1, 0.15) is 18.1 Å². The van der Waals surface area contributed by atoms with Gasteiger partial charge in [0.15, 0.2) is 0 Å². The lowest BCUT2D eigenvalue weighted by Crippen LogP contribution is -2.18. The van der Waals surface area contributed by atoms with Crippen molar-refractivity contribution in [1.29, 1.82) is 0 Å². The quantitative estimate of drug-likeness (QED) is 0.146. The van der Waals surface area contributed by atoms with E-state index in [1.54, 1.807) is 84.9 Å². The van der Waals surface area contributed by atoms with E-state index in [0.29, 0.717) is 34.3 Å². The largest absolute Gasteiger partial charge is 0.488 e. The van der Waals surface area contributed by atoms with E-state index < -0.39 is 11.9 Å². The average molecular weight is 485 g/mol. The van der Waals surface area contributed by atoms with E-state index in [1.165, 1.54) is 6.21 Å².